The standard InChI is InChI=1S/C17H23BrN4O2/c1-10(2)15(18)16(23)19-13-8-11-12(21-17(24)20-11)9-14(13)22-6-4-3-5-7-22/h8-10,15H,3-7H2,1-2H3,(H,19,23)(H2,20,21,24)/t15-/m0/s1. The van der Waals surface area contributed by atoms with Crippen LogP contribution in [0.5, 0.6) is 0 Å². The molecule has 1 saturated heterocycles. The number of aromatic amines is 2. The van der Waals surface area contributed by atoms with Crippen molar-refractivity contribution in [2.45, 2.75) is 37.9 Å². The van der Waals surface area contributed by atoms with Gasteiger partial charge in [-0.2, -0.15) is 0 Å². The maximum Gasteiger partial charge on any atom is 0.323 e. The lowest BCUT2D eigenvalue weighted by molar-refractivity contribution is -0.116. The van der Waals surface area contributed by atoms with Crippen LogP contribution >= 0.6 is 15.9 Å². The van der Waals surface area contributed by atoms with Gasteiger partial charge in [-0.1, -0.05) is 29.8 Å². The lowest BCUT2D eigenvalue weighted by atomic mass is 10.1. The van der Waals surface area contributed by atoms with E-state index in [1.807, 2.05) is 26.0 Å². The van der Waals surface area contributed by atoms with Crippen LogP contribution in [0, 0.1) is 5.92 Å². The molecule has 1 aromatic carbocycles. The van der Waals surface area contributed by atoms with Crippen LogP contribution in [0.4, 0.5) is 11.4 Å². The number of hydrogen-bond acceptors (Lipinski definition) is 3. The first-order valence-corrected chi connectivity index (χ1v) is 9.33. The van der Waals surface area contributed by atoms with E-state index in [1.54, 1.807) is 0 Å². The van der Waals surface area contributed by atoms with Crippen LogP contribution in [0.1, 0.15) is 33.1 Å². The first kappa shape index (κ1) is 17.1. The van der Waals surface area contributed by atoms with Gasteiger partial charge in [-0.15, -0.1) is 0 Å². The summed E-state index contributed by atoms with van der Waals surface area (Å²) < 4.78 is 0. The highest BCUT2D eigenvalue weighted by Crippen LogP contribution is 2.32. The van der Waals surface area contributed by atoms with Gasteiger partial charge in [0.15, 0.2) is 0 Å². The third kappa shape index (κ3) is 3.50. The van der Waals surface area contributed by atoms with Crippen molar-refractivity contribution in [3.63, 3.8) is 0 Å². The molecule has 0 aliphatic carbocycles. The van der Waals surface area contributed by atoms with E-state index in [0.29, 0.717) is 5.52 Å². The maximum absolute atomic E-state index is 12.5. The minimum atomic E-state index is -0.257. The third-order valence-corrected chi connectivity index (χ3v) is 5.90. The molecule has 1 aliphatic heterocycles. The van der Waals surface area contributed by atoms with E-state index < -0.39 is 0 Å². The summed E-state index contributed by atoms with van der Waals surface area (Å²) in [5.41, 5.74) is 2.94. The Labute approximate surface area is 149 Å². The van der Waals surface area contributed by atoms with E-state index in [4.69, 9.17) is 0 Å². The molecule has 1 aliphatic rings. The molecular weight excluding hydrogens is 372 g/mol. The summed E-state index contributed by atoms with van der Waals surface area (Å²) in [5, 5.41) is 3.03. The minimum Gasteiger partial charge on any atom is -0.370 e. The molecule has 7 heteroatoms. The van der Waals surface area contributed by atoms with E-state index in [9.17, 15) is 9.59 Å². The number of aromatic nitrogens is 2. The molecule has 2 heterocycles. The highest BCUT2D eigenvalue weighted by molar-refractivity contribution is 9.10. The number of nitrogens with zero attached hydrogens (tertiary/aromatic N) is 1. The second-order valence-corrected chi connectivity index (χ2v) is 7.66. The van der Waals surface area contributed by atoms with Crippen molar-refractivity contribution in [2.24, 2.45) is 5.92 Å². The van der Waals surface area contributed by atoms with Crippen molar-refractivity contribution >= 4 is 44.2 Å². The van der Waals surface area contributed by atoms with Gasteiger partial charge in [0.25, 0.3) is 0 Å². The van der Waals surface area contributed by atoms with Crippen LogP contribution in [-0.2, 0) is 4.79 Å². The van der Waals surface area contributed by atoms with Crippen LogP contribution in [0.25, 0.3) is 11.0 Å². The fourth-order valence-corrected chi connectivity index (χ4v) is 3.19. The number of nitrogens with one attached hydrogen (secondary N) is 3. The molecule has 1 fully saturated rings. The Balaban J connectivity index is 1.99. The maximum atomic E-state index is 12.5. The fourth-order valence-electron chi connectivity index (χ4n) is 3.07. The van der Waals surface area contributed by atoms with Crippen LogP contribution in [0.2, 0.25) is 0 Å². The number of amides is 1. The third-order valence-electron chi connectivity index (χ3n) is 4.42. The zero-order valence-corrected chi connectivity index (χ0v) is 15.6. The molecule has 0 bridgehead atoms. The van der Waals surface area contributed by atoms with Gasteiger partial charge in [-0.3, -0.25) is 4.79 Å². The van der Waals surface area contributed by atoms with Crippen molar-refractivity contribution in [1.82, 2.24) is 9.97 Å². The van der Waals surface area contributed by atoms with Crippen LogP contribution < -0.4 is 15.9 Å². The number of imidazole rings is 1. The topological polar surface area (TPSA) is 81.0 Å². The summed E-state index contributed by atoms with van der Waals surface area (Å²) in [6.45, 7) is 5.92. The SMILES string of the molecule is CC(C)[C@H](Br)C(=O)Nc1cc2[nH]c(=O)[nH]c2cc1N1CCCCC1. The van der Waals surface area contributed by atoms with E-state index in [-0.39, 0.29) is 22.3 Å². The van der Waals surface area contributed by atoms with Crippen LogP contribution in [-0.4, -0.2) is 33.8 Å². The minimum absolute atomic E-state index is 0.0690. The Morgan fingerprint density at radius 3 is 2.42 bits per heavy atom. The molecule has 130 valence electrons. The Morgan fingerprint density at radius 2 is 1.79 bits per heavy atom. The monoisotopic (exact) mass is 394 g/mol. The predicted molar refractivity (Wildman–Crippen MR) is 101 cm³/mol. The largest absolute Gasteiger partial charge is 0.370 e. The van der Waals surface area contributed by atoms with Crippen molar-refractivity contribution in [2.75, 3.05) is 23.3 Å². The molecule has 0 saturated carbocycles. The fraction of sp³-hybridized carbons (Fsp3) is 0.529. The van der Waals surface area contributed by atoms with Gasteiger partial charge in [0, 0.05) is 13.1 Å². The molecular formula is C17H23BrN4O2. The number of piperidine rings is 1. The van der Waals surface area contributed by atoms with E-state index >= 15 is 0 Å². The smallest absolute Gasteiger partial charge is 0.323 e. The number of anilines is 2. The predicted octanol–water partition coefficient (Wildman–Crippen LogP) is 3.20. The molecule has 1 aromatic heterocycles. The summed E-state index contributed by atoms with van der Waals surface area (Å²) in [4.78, 5) is 31.6. The highest BCUT2D eigenvalue weighted by Gasteiger charge is 2.22. The van der Waals surface area contributed by atoms with E-state index in [2.05, 4.69) is 36.1 Å². The molecule has 0 spiro atoms. The number of fused-ring (bicyclic) bond motifs is 1. The Hall–Kier alpha value is -1.76. The number of rotatable bonds is 4. The normalized spacial score (nSPS) is 16.6. The van der Waals surface area contributed by atoms with E-state index in [1.165, 1.54) is 6.42 Å². The number of carbonyl (C=O) groups excluding carboxylic acids is 1. The molecule has 1 amide bonds. The lowest BCUT2D eigenvalue weighted by Gasteiger charge is -2.31. The van der Waals surface area contributed by atoms with Crippen molar-refractivity contribution in [3.05, 3.63) is 22.6 Å². The Bertz CT molecular complexity index is 789. The average molecular weight is 395 g/mol. The average Bonchev–Trinajstić information content (AvgIpc) is 2.93. The van der Waals surface area contributed by atoms with Gasteiger partial charge in [0.2, 0.25) is 5.91 Å². The number of benzene rings is 1. The highest BCUT2D eigenvalue weighted by atomic mass is 79.9. The second kappa shape index (κ2) is 7.01. The van der Waals surface area contributed by atoms with Crippen LogP contribution in [0.15, 0.2) is 16.9 Å². The van der Waals surface area contributed by atoms with Crippen LogP contribution in [0.3, 0.4) is 0 Å². The molecule has 3 rings (SSSR count). The summed E-state index contributed by atoms with van der Waals surface area (Å²) in [7, 11) is 0. The first-order chi connectivity index (χ1) is 11.5. The second-order valence-electron chi connectivity index (χ2n) is 6.68. The van der Waals surface area contributed by atoms with Gasteiger partial charge >= 0.3 is 5.69 Å². The molecule has 0 unspecified atom stereocenters. The number of carbonyl (C=O) groups is 1. The summed E-state index contributed by atoms with van der Waals surface area (Å²) >= 11 is 3.45. The number of hydrogen-bond donors (Lipinski definition) is 3. The van der Waals surface area contributed by atoms with Gasteiger partial charge < -0.3 is 20.2 Å². The summed E-state index contributed by atoms with van der Waals surface area (Å²) in [6, 6.07) is 3.79. The zero-order valence-electron chi connectivity index (χ0n) is 14.0. The van der Waals surface area contributed by atoms with Crippen molar-refractivity contribution < 1.29 is 4.79 Å². The Kier molecular flexibility index (Phi) is 4.99. The molecule has 2 aromatic rings. The number of H-pyrrole nitrogens is 2. The zero-order chi connectivity index (χ0) is 17.3. The number of halogens is 1. The van der Waals surface area contributed by atoms with Gasteiger partial charge in [0.05, 0.1) is 27.2 Å². The quantitative estimate of drug-likeness (QED) is 0.696. The summed E-state index contributed by atoms with van der Waals surface area (Å²) in [5.74, 6) is 0.125. The van der Waals surface area contributed by atoms with Crippen molar-refractivity contribution in [3.8, 4) is 0 Å². The number of alkyl halides is 1. The lowest BCUT2D eigenvalue weighted by Crippen LogP contribution is -2.32. The van der Waals surface area contributed by atoms with E-state index in [0.717, 1.165) is 42.8 Å². The van der Waals surface area contributed by atoms with Gasteiger partial charge in [-0.05, 0) is 37.3 Å². The van der Waals surface area contributed by atoms with Gasteiger partial charge in [-0.25, -0.2) is 4.79 Å². The Morgan fingerprint density at radius 1 is 1.17 bits per heavy atom. The van der Waals surface area contributed by atoms with Gasteiger partial charge in [0.1, 0.15) is 0 Å². The summed E-state index contributed by atoms with van der Waals surface area (Å²) in [6.07, 6.45) is 3.52. The van der Waals surface area contributed by atoms with Crippen molar-refractivity contribution in [1.29, 1.82) is 0 Å². The molecule has 24 heavy (non-hydrogen) atoms. The molecule has 3 N–H and O–H groups in total. The molecule has 0 radical (unpaired) electrons. The molecule has 6 nitrogen and oxygen atoms in total. The first-order valence-electron chi connectivity index (χ1n) is 8.41. The molecule has 1 atom stereocenters.